The van der Waals surface area contributed by atoms with Gasteiger partial charge in [0.05, 0.1) is 0 Å². The monoisotopic (exact) mass is 170 g/mol. The van der Waals surface area contributed by atoms with E-state index in [1.807, 2.05) is 0 Å². The molecule has 2 fully saturated rings. The third-order valence-corrected chi connectivity index (χ3v) is 2.39. The summed E-state index contributed by atoms with van der Waals surface area (Å²) < 4.78 is 4.92. The highest BCUT2D eigenvalue weighted by molar-refractivity contribution is 5.70. The molecule has 1 N–H and O–H groups in total. The third-order valence-electron chi connectivity index (χ3n) is 2.39. The van der Waals surface area contributed by atoms with Crippen LogP contribution in [-0.2, 0) is 4.74 Å². The van der Waals surface area contributed by atoms with Crippen LogP contribution in [-0.4, -0.2) is 36.9 Å². The van der Waals surface area contributed by atoms with Crippen LogP contribution in [0.2, 0.25) is 0 Å². The Hall–Kier alpha value is -0.770. The summed E-state index contributed by atoms with van der Waals surface area (Å²) in [5, 5.41) is 3.28. The fourth-order valence-corrected chi connectivity index (χ4v) is 1.71. The minimum atomic E-state index is -0.180. The van der Waals surface area contributed by atoms with Gasteiger partial charge in [0, 0.05) is 13.1 Å². The van der Waals surface area contributed by atoms with Crippen molar-refractivity contribution in [3.63, 3.8) is 0 Å². The number of hydrogen-bond acceptors (Lipinski definition) is 3. The summed E-state index contributed by atoms with van der Waals surface area (Å²) >= 11 is 0. The largest absolute Gasteiger partial charge is 0.446 e. The zero-order valence-corrected chi connectivity index (χ0v) is 7.46. The first-order valence-electron chi connectivity index (χ1n) is 4.25. The molecular weight excluding hydrogens is 156 g/mol. The molecule has 4 heteroatoms. The summed E-state index contributed by atoms with van der Waals surface area (Å²) in [5.74, 6) is 0. The smallest absolute Gasteiger partial charge is 0.411 e. The van der Waals surface area contributed by atoms with Crippen molar-refractivity contribution < 1.29 is 9.53 Å². The molecule has 0 aromatic rings. The zero-order valence-electron chi connectivity index (χ0n) is 7.46. The number of hydrogen-bond donors (Lipinski definition) is 1. The van der Waals surface area contributed by atoms with E-state index in [-0.39, 0.29) is 17.7 Å². The summed E-state index contributed by atoms with van der Waals surface area (Å²) in [4.78, 5) is 12.9. The highest BCUT2D eigenvalue weighted by Gasteiger charge is 2.40. The summed E-state index contributed by atoms with van der Waals surface area (Å²) in [5.41, 5.74) is 0.167. The second kappa shape index (κ2) is 2.36. The Bertz CT molecular complexity index is 215. The van der Waals surface area contributed by atoms with Gasteiger partial charge in [0.25, 0.3) is 0 Å². The van der Waals surface area contributed by atoms with E-state index >= 15 is 0 Å². The van der Waals surface area contributed by atoms with E-state index in [0.717, 1.165) is 13.1 Å². The van der Waals surface area contributed by atoms with Gasteiger partial charge in [-0.1, -0.05) is 13.8 Å². The maximum atomic E-state index is 11.2. The first kappa shape index (κ1) is 7.86. The quantitative estimate of drug-likeness (QED) is 0.572. The summed E-state index contributed by atoms with van der Waals surface area (Å²) in [6.45, 7) is 6.52. The second-order valence-electron chi connectivity index (χ2n) is 4.27. The van der Waals surface area contributed by atoms with Crippen LogP contribution >= 0.6 is 0 Å². The van der Waals surface area contributed by atoms with E-state index in [9.17, 15) is 4.79 Å². The molecule has 68 valence electrons. The zero-order chi connectivity index (χ0) is 8.77. The van der Waals surface area contributed by atoms with Crippen molar-refractivity contribution in [2.75, 3.05) is 19.7 Å². The van der Waals surface area contributed by atoms with Crippen LogP contribution in [0, 0.1) is 5.41 Å². The lowest BCUT2D eigenvalue weighted by molar-refractivity contribution is 0.106. The van der Waals surface area contributed by atoms with Gasteiger partial charge in [0.15, 0.2) is 0 Å². The number of carbonyl (C=O) groups is 1. The molecule has 0 aliphatic carbocycles. The topological polar surface area (TPSA) is 41.6 Å². The Balaban J connectivity index is 2.11. The molecule has 0 saturated carbocycles. The maximum Gasteiger partial charge on any atom is 0.411 e. The molecule has 2 aliphatic rings. The minimum Gasteiger partial charge on any atom is -0.446 e. The first-order chi connectivity index (χ1) is 5.58. The minimum absolute atomic E-state index is 0.116. The molecule has 0 aromatic carbocycles. The highest BCUT2D eigenvalue weighted by Crippen LogP contribution is 2.25. The van der Waals surface area contributed by atoms with E-state index in [2.05, 4.69) is 19.2 Å². The standard InChI is InChI=1S/C8H14N2O2/c1-8(2)4-9-6-3-12-7(11)10(6)5-8/h6,9H,3-5H2,1-2H3/t6-/m1/s1. The van der Waals surface area contributed by atoms with Gasteiger partial charge >= 0.3 is 6.09 Å². The molecule has 2 saturated heterocycles. The van der Waals surface area contributed by atoms with Crippen molar-refractivity contribution in [3.8, 4) is 0 Å². The molecule has 1 atom stereocenters. The second-order valence-corrected chi connectivity index (χ2v) is 4.27. The Labute approximate surface area is 71.9 Å². The first-order valence-corrected chi connectivity index (χ1v) is 4.25. The average molecular weight is 170 g/mol. The number of nitrogens with one attached hydrogen (secondary N) is 1. The van der Waals surface area contributed by atoms with Gasteiger partial charge in [-0.3, -0.25) is 10.2 Å². The lowest BCUT2D eigenvalue weighted by atomic mass is 9.90. The molecule has 2 heterocycles. The van der Waals surface area contributed by atoms with Gasteiger partial charge in [0.2, 0.25) is 0 Å². The van der Waals surface area contributed by atoms with Crippen molar-refractivity contribution in [2.24, 2.45) is 5.41 Å². The van der Waals surface area contributed by atoms with Crippen molar-refractivity contribution >= 4 is 6.09 Å². The van der Waals surface area contributed by atoms with Crippen LogP contribution in [0.3, 0.4) is 0 Å². The van der Waals surface area contributed by atoms with Gasteiger partial charge in [-0.05, 0) is 5.41 Å². The number of amides is 1. The van der Waals surface area contributed by atoms with Crippen LogP contribution in [0.5, 0.6) is 0 Å². The van der Waals surface area contributed by atoms with E-state index in [4.69, 9.17) is 4.74 Å². The van der Waals surface area contributed by atoms with Crippen molar-refractivity contribution in [1.82, 2.24) is 10.2 Å². The van der Waals surface area contributed by atoms with E-state index < -0.39 is 0 Å². The van der Waals surface area contributed by atoms with Gasteiger partial charge in [0.1, 0.15) is 12.8 Å². The SMILES string of the molecule is CC1(C)CN[C@H]2COC(=O)N2C1. The lowest BCUT2D eigenvalue weighted by Crippen LogP contribution is -2.57. The van der Waals surface area contributed by atoms with E-state index in [1.54, 1.807) is 4.90 Å². The Morgan fingerprint density at radius 2 is 2.42 bits per heavy atom. The van der Waals surface area contributed by atoms with Gasteiger partial charge in [-0.2, -0.15) is 0 Å². The predicted octanol–water partition coefficient (Wildman–Crippen LogP) is 0.394. The predicted molar refractivity (Wildman–Crippen MR) is 43.6 cm³/mol. The molecule has 12 heavy (non-hydrogen) atoms. The van der Waals surface area contributed by atoms with Gasteiger partial charge in [-0.15, -0.1) is 0 Å². The maximum absolute atomic E-state index is 11.2. The number of cyclic esters (lactones) is 1. The molecule has 4 nitrogen and oxygen atoms in total. The number of carbonyl (C=O) groups excluding carboxylic acids is 1. The van der Waals surface area contributed by atoms with Crippen LogP contribution in [0.25, 0.3) is 0 Å². The molecule has 0 radical (unpaired) electrons. The fourth-order valence-electron chi connectivity index (χ4n) is 1.71. The van der Waals surface area contributed by atoms with E-state index in [1.165, 1.54) is 0 Å². The Morgan fingerprint density at radius 1 is 1.67 bits per heavy atom. The van der Waals surface area contributed by atoms with Crippen LogP contribution < -0.4 is 5.32 Å². The highest BCUT2D eigenvalue weighted by atomic mass is 16.6. The lowest BCUT2D eigenvalue weighted by Gasteiger charge is -2.38. The molecule has 2 rings (SSSR count). The Morgan fingerprint density at radius 3 is 3.17 bits per heavy atom. The molecule has 2 aliphatic heterocycles. The van der Waals surface area contributed by atoms with Crippen molar-refractivity contribution in [1.29, 1.82) is 0 Å². The normalized spacial score (nSPS) is 33.0. The van der Waals surface area contributed by atoms with Crippen LogP contribution in [0.4, 0.5) is 4.79 Å². The van der Waals surface area contributed by atoms with Crippen molar-refractivity contribution in [3.05, 3.63) is 0 Å². The number of nitrogens with zero attached hydrogens (tertiary/aromatic N) is 1. The van der Waals surface area contributed by atoms with Crippen molar-refractivity contribution in [2.45, 2.75) is 20.0 Å². The van der Waals surface area contributed by atoms with Gasteiger partial charge in [-0.25, -0.2) is 4.79 Å². The molecule has 0 aromatic heterocycles. The number of rotatable bonds is 0. The fraction of sp³-hybridized carbons (Fsp3) is 0.875. The van der Waals surface area contributed by atoms with Crippen LogP contribution in [0.15, 0.2) is 0 Å². The van der Waals surface area contributed by atoms with Gasteiger partial charge < -0.3 is 4.74 Å². The average Bonchev–Trinajstić information content (AvgIpc) is 2.31. The van der Waals surface area contributed by atoms with Crippen LogP contribution in [0.1, 0.15) is 13.8 Å². The van der Waals surface area contributed by atoms with E-state index in [0.29, 0.717) is 6.61 Å². The molecule has 0 bridgehead atoms. The molecule has 1 amide bonds. The summed E-state index contributed by atoms with van der Waals surface area (Å²) in [6, 6.07) is 0. The molecule has 0 spiro atoms. The summed E-state index contributed by atoms with van der Waals surface area (Å²) in [7, 11) is 0. The molecule has 0 unspecified atom stereocenters. The Kier molecular flexibility index (Phi) is 1.54. The molecular formula is C8H14N2O2. The third kappa shape index (κ3) is 1.16. The number of fused-ring (bicyclic) bond motifs is 1. The summed E-state index contributed by atoms with van der Waals surface area (Å²) in [6.07, 6.45) is -0.0641. The number of ether oxygens (including phenoxy) is 1.